The molecule has 0 saturated carbocycles. The monoisotopic (exact) mass is 232 g/mol. The molecular formula is C14H16O3. The highest BCUT2D eigenvalue weighted by molar-refractivity contribution is 5.42. The fourth-order valence-corrected chi connectivity index (χ4v) is 1.92. The van der Waals surface area contributed by atoms with Crippen LogP contribution in [0.1, 0.15) is 24.2 Å². The van der Waals surface area contributed by atoms with Gasteiger partial charge in [0.15, 0.2) is 0 Å². The quantitative estimate of drug-likeness (QED) is 0.770. The van der Waals surface area contributed by atoms with Gasteiger partial charge in [-0.15, -0.1) is 0 Å². The SMILES string of the molecule is CC=CC=CC1OCc2c(O)cccc2C1O. The molecule has 0 bridgehead atoms. The van der Waals surface area contributed by atoms with Crippen molar-refractivity contribution < 1.29 is 14.9 Å². The van der Waals surface area contributed by atoms with Gasteiger partial charge in [0.05, 0.1) is 6.61 Å². The van der Waals surface area contributed by atoms with Crippen LogP contribution in [0.2, 0.25) is 0 Å². The molecule has 17 heavy (non-hydrogen) atoms. The number of rotatable bonds is 2. The number of hydrogen-bond acceptors (Lipinski definition) is 3. The van der Waals surface area contributed by atoms with E-state index in [9.17, 15) is 10.2 Å². The number of aliphatic hydroxyl groups is 1. The Balaban J connectivity index is 2.24. The molecule has 0 aromatic heterocycles. The van der Waals surface area contributed by atoms with Crippen LogP contribution in [0.25, 0.3) is 0 Å². The number of fused-ring (bicyclic) bond motifs is 1. The molecule has 1 aliphatic rings. The molecular weight excluding hydrogens is 216 g/mol. The standard InChI is InChI=1S/C14H16O3/c1-2-3-4-8-13-14(16)10-6-5-7-12(15)11(10)9-17-13/h2-8,13-16H,9H2,1H3. The van der Waals surface area contributed by atoms with Gasteiger partial charge in [0.25, 0.3) is 0 Å². The van der Waals surface area contributed by atoms with Gasteiger partial charge in [0.2, 0.25) is 0 Å². The molecule has 2 N–H and O–H groups in total. The van der Waals surface area contributed by atoms with E-state index in [-0.39, 0.29) is 11.9 Å². The highest BCUT2D eigenvalue weighted by atomic mass is 16.5. The normalized spacial score (nSPS) is 24.4. The van der Waals surface area contributed by atoms with Crippen LogP contribution >= 0.6 is 0 Å². The second-order valence-corrected chi connectivity index (χ2v) is 3.98. The van der Waals surface area contributed by atoms with Crippen LogP contribution in [-0.2, 0) is 11.3 Å². The van der Waals surface area contributed by atoms with Gasteiger partial charge in [-0.05, 0) is 18.6 Å². The molecule has 0 spiro atoms. The molecule has 0 amide bonds. The molecule has 90 valence electrons. The van der Waals surface area contributed by atoms with E-state index in [1.807, 2.05) is 37.3 Å². The fourth-order valence-electron chi connectivity index (χ4n) is 1.92. The summed E-state index contributed by atoms with van der Waals surface area (Å²) in [6, 6.07) is 5.15. The lowest BCUT2D eigenvalue weighted by Crippen LogP contribution is -2.26. The number of aliphatic hydroxyl groups excluding tert-OH is 1. The first-order valence-electron chi connectivity index (χ1n) is 5.64. The van der Waals surface area contributed by atoms with Crippen LogP contribution < -0.4 is 0 Å². The third-order valence-electron chi connectivity index (χ3n) is 2.84. The van der Waals surface area contributed by atoms with E-state index in [0.717, 1.165) is 5.56 Å². The van der Waals surface area contributed by atoms with E-state index in [4.69, 9.17) is 4.74 Å². The van der Waals surface area contributed by atoms with Crippen LogP contribution in [0.15, 0.2) is 42.5 Å². The highest BCUT2D eigenvalue weighted by Crippen LogP contribution is 2.34. The van der Waals surface area contributed by atoms with Crippen LogP contribution in [0.4, 0.5) is 0 Å². The predicted molar refractivity (Wildman–Crippen MR) is 65.6 cm³/mol. The maximum Gasteiger partial charge on any atom is 0.121 e. The molecule has 2 atom stereocenters. The molecule has 3 nitrogen and oxygen atoms in total. The Morgan fingerprint density at radius 3 is 2.94 bits per heavy atom. The maximum absolute atomic E-state index is 10.1. The van der Waals surface area contributed by atoms with Crippen molar-refractivity contribution in [2.45, 2.75) is 25.7 Å². The van der Waals surface area contributed by atoms with E-state index in [0.29, 0.717) is 12.2 Å². The third kappa shape index (κ3) is 2.40. The van der Waals surface area contributed by atoms with Crippen molar-refractivity contribution in [3.63, 3.8) is 0 Å². The zero-order valence-corrected chi connectivity index (χ0v) is 9.71. The summed E-state index contributed by atoms with van der Waals surface area (Å²) < 4.78 is 5.51. The highest BCUT2D eigenvalue weighted by Gasteiger charge is 2.28. The molecule has 1 aromatic rings. The number of phenols is 1. The summed E-state index contributed by atoms with van der Waals surface area (Å²) in [5.41, 5.74) is 1.42. The van der Waals surface area contributed by atoms with Gasteiger partial charge < -0.3 is 14.9 Å². The zero-order chi connectivity index (χ0) is 12.3. The fraction of sp³-hybridized carbons (Fsp3) is 0.286. The number of allylic oxidation sites excluding steroid dienone is 3. The molecule has 3 heteroatoms. The molecule has 1 aliphatic heterocycles. The van der Waals surface area contributed by atoms with Crippen molar-refractivity contribution in [2.24, 2.45) is 0 Å². The molecule has 2 unspecified atom stereocenters. The van der Waals surface area contributed by atoms with Gasteiger partial charge in [-0.1, -0.05) is 36.4 Å². The second kappa shape index (κ2) is 5.17. The van der Waals surface area contributed by atoms with Gasteiger partial charge >= 0.3 is 0 Å². The summed E-state index contributed by atoms with van der Waals surface area (Å²) in [5, 5.41) is 19.8. The van der Waals surface area contributed by atoms with Crippen molar-refractivity contribution in [3.8, 4) is 5.75 Å². The summed E-state index contributed by atoms with van der Waals surface area (Å²) >= 11 is 0. The number of phenolic OH excluding ortho intramolecular Hbond substituents is 1. The number of hydrogen-bond donors (Lipinski definition) is 2. The van der Waals surface area contributed by atoms with Gasteiger partial charge in [-0.3, -0.25) is 0 Å². The first-order chi connectivity index (χ1) is 8.24. The van der Waals surface area contributed by atoms with E-state index in [2.05, 4.69) is 0 Å². The largest absolute Gasteiger partial charge is 0.508 e. The number of benzene rings is 1. The summed E-state index contributed by atoms with van der Waals surface area (Å²) in [4.78, 5) is 0. The minimum absolute atomic E-state index is 0.178. The molecule has 0 aliphatic carbocycles. The topological polar surface area (TPSA) is 49.7 Å². The Morgan fingerprint density at radius 1 is 1.35 bits per heavy atom. The smallest absolute Gasteiger partial charge is 0.121 e. The van der Waals surface area contributed by atoms with Gasteiger partial charge in [0, 0.05) is 5.56 Å². The van der Waals surface area contributed by atoms with Crippen LogP contribution in [-0.4, -0.2) is 16.3 Å². The lowest BCUT2D eigenvalue weighted by Gasteiger charge is -2.28. The van der Waals surface area contributed by atoms with Crippen molar-refractivity contribution in [1.29, 1.82) is 0 Å². The molecule has 0 radical (unpaired) electrons. The zero-order valence-electron chi connectivity index (χ0n) is 9.71. The van der Waals surface area contributed by atoms with Crippen molar-refractivity contribution in [3.05, 3.63) is 53.6 Å². The van der Waals surface area contributed by atoms with Gasteiger partial charge in [-0.25, -0.2) is 0 Å². The average molecular weight is 232 g/mol. The van der Waals surface area contributed by atoms with Gasteiger partial charge in [0.1, 0.15) is 18.0 Å². The average Bonchev–Trinajstić information content (AvgIpc) is 2.33. The molecule has 0 fully saturated rings. The number of ether oxygens (including phenoxy) is 1. The number of aromatic hydroxyl groups is 1. The maximum atomic E-state index is 10.1. The van der Waals surface area contributed by atoms with E-state index >= 15 is 0 Å². The third-order valence-corrected chi connectivity index (χ3v) is 2.84. The molecule has 1 heterocycles. The van der Waals surface area contributed by atoms with Crippen molar-refractivity contribution in [2.75, 3.05) is 0 Å². The lowest BCUT2D eigenvalue weighted by atomic mass is 9.95. The summed E-state index contributed by atoms with van der Waals surface area (Å²) in [7, 11) is 0. The second-order valence-electron chi connectivity index (χ2n) is 3.98. The van der Waals surface area contributed by atoms with E-state index < -0.39 is 6.10 Å². The summed E-state index contributed by atoms with van der Waals surface area (Å²) in [6.07, 6.45) is 6.37. The Kier molecular flexibility index (Phi) is 3.61. The summed E-state index contributed by atoms with van der Waals surface area (Å²) in [6.45, 7) is 2.25. The lowest BCUT2D eigenvalue weighted by molar-refractivity contribution is -0.0371. The molecule has 2 rings (SSSR count). The van der Waals surface area contributed by atoms with Crippen molar-refractivity contribution in [1.82, 2.24) is 0 Å². The summed E-state index contributed by atoms with van der Waals surface area (Å²) in [5.74, 6) is 0.178. The van der Waals surface area contributed by atoms with Crippen molar-refractivity contribution >= 4 is 0 Å². The van der Waals surface area contributed by atoms with Crippen LogP contribution in [0.5, 0.6) is 5.75 Å². The predicted octanol–water partition coefficient (Wildman–Crippen LogP) is 2.46. The first-order valence-corrected chi connectivity index (χ1v) is 5.64. The Labute approximate surface area is 101 Å². The van der Waals surface area contributed by atoms with E-state index in [1.54, 1.807) is 12.1 Å². The van der Waals surface area contributed by atoms with Gasteiger partial charge in [-0.2, -0.15) is 0 Å². The molecule has 0 saturated heterocycles. The minimum Gasteiger partial charge on any atom is -0.508 e. The molecule has 1 aromatic carbocycles. The minimum atomic E-state index is -0.729. The Morgan fingerprint density at radius 2 is 2.18 bits per heavy atom. The van der Waals surface area contributed by atoms with E-state index in [1.165, 1.54) is 0 Å². The van der Waals surface area contributed by atoms with Crippen LogP contribution in [0, 0.1) is 0 Å². The Hall–Kier alpha value is -1.58. The first kappa shape index (κ1) is 11.9. The van der Waals surface area contributed by atoms with Crippen LogP contribution in [0.3, 0.4) is 0 Å². The Bertz CT molecular complexity index is 449.